The Balaban J connectivity index is 0.000000511. The molecule has 3 N–H and O–H groups in total. The molecule has 1 aromatic heterocycles. The van der Waals surface area contributed by atoms with Gasteiger partial charge in [-0.15, -0.1) is 0 Å². The summed E-state index contributed by atoms with van der Waals surface area (Å²) < 4.78 is 4.94. The molecule has 0 unspecified atom stereocenters. The summed E-state index contributed by atoms with van der Waals surface area (Å²) >= 11 is 0. The number of aromatic nitrogens is 1. The summed E-state index contributed by atoms with van der Waals surface area (Å²) in [6.45, 7) is 4.93. The van der Waals surface area contributed by atoms with Crippen LogP contribution in [0.1, 0.15) is 25.0 Å². The predicted octanol–water partition coefficient (Wildman–Crippen LogP) is 2.31. The van der Waals surface area contributed by atoms with E-state index >= 15 is 0 Å². The van der Waals surface area contributed by atoms with Crippen molar-refractivity contribution in [2.75, 3.05) is 27.2 Å². The first-order chi connectivity index (χ1) is 11.8. The van der Waals surface area contributed by atoms with E-state index in [1.165, 1.54) is 22.0 Å². The number of benzene rings is 1. The zero-order chi connectivity index (χ0) is 18.4. The van der Waals surface area contributed by atoms with Crippen molar-refractivity contribution in [3.63, 3.8) is 0 Å². The number of aromatic amines is 1. The minimum Gasteiger partial charge on any atom is -0.447 e. The van der Waals surface area contributed by atoms with E-state index in [0.29, 0.717) is 6.61 Å². The molecule has 1 aliphatic heterocycles. The van der Waals surface area contributed by atoms with Crippen LogP contribution in [0.25, 0.3) is 10.9 Å². The first kappa shape index (κ1) is 19.3. The third-order valence-electron chi connectivity index (χ3n) is 3.88. The SMILES string of the molecule is CC(C)O.CN(C)CCc1c[nH]c2ccc(C[C@H]3COC(=O)N3)cc12. The van der Waals surface area contributed by atoms with E-state index in [4.69, 9.17) is 9.84 Å². The summed E-state index contributed by atoms with van der Waals surface area (Å²) in [5.74, 6) is 0. The van der Waals surface area contributed by atoms with Gasteiger partial charge in [-0.1, -0.05) is 6.07 Å². The molecule has 2 heterocycles. The monoisotopic (exact) mass is 347 g/mol. The topological polar surface area (TPSA) is 77.6 Å². The second-order valence-electron chi connectivity index (χ2n) is 6.98. The molecule has 2 aromatic rings. The summed E-state index contributed by atoms with van der Waals surface area (Å²) in [7, 11) is 4.17. The number of hydrogen-bond acceptors (Lipinski definition) is 4. The Morgan fingerprint density at radius 2 is 2.08 bits per heavy atom. The number of H-pyrrole nitrogens is 1. The van der Waals surface area contributed by atoms with E-state index in [9.17, 15) is 4.79 Å². The lowest BCUT2D eigenvalue weighted by molar-refractivity contribution is 0.177. The number of nitrogens with one attached hydrogen (secondary N) is 2. The molecule has 6 nitrogen and oxygen atoms in total. The summed E-state index contributed by atoms with van der Waals surface area (Å²) in [5.41, 5.74) is 3.73. The van der Waals surface area contributed by atoms with Crippen LogP contribution in [0.5, 0.6) is 0 Å². The average Bonchev–Trinajstić information content (AvgIpc) is 3.10. The molecule has 0 aliphatic carbocycles. The lowest BCUT2D eigenvalue weighted by Crippen LogP contribution is -2.28. The van der Waals surface area contributed by atoms with Crippen LogP contribution < -0.4 is 5.32 Å². The van der Waals surface area contributed by atoms with Gasteiger partial charge in [0.05, 0.1) is 6.04 Å². The fraction of sp³-hybridized carbons (Fsp3) is 0.526. The van der Waals surface area contributed by atoms with Crippen molar-refractivity contribution < 1.29 is 14.6 Å². The lowest BCUT2D eigenvalue weighted by atomic mass is 10.0. The maximum absolute atomic E-state index is 11.1. The molecule has 1 fully saturated rings. The fourth-order valence-electron chi connectivity index (χ4n) is 2.72. The van der Waals surface area contributed by atoms with Crippen molar-refractivity contribution in [2.24, 2.45) is 0 Å². The standard InChI is InChI=1S/C16H21N3O2.C3H8O/c1-19(2)6-5-12-9-17-15-4-3-11(8-14(12)15)7-13-10-21-16(20)18-13;1-3(2)4/h3-4,8-9,13,17H,5-7,10H2,1-2H3,(H,18,20);3-4H,1-2H3/t13-;/m0./s1. The minimum atomic E-state index is -0.311. The molecule has 1 amide bonds. The highest BCUT2D eigenvalue weighted by atomic mass is 16.6. The lowest BCUT2D eigenvalue weighted by Gasteiger charge is -2.09. The molecule has 1 atom stereocenters. The van der Waals surface area contributed by atoms with Crippen LogP contribution in [0.3, 0.4) is 0 Å². The number of cyclic esters (lactones) is 1. The van der Waals surface area contributed by atoms with Crippen LogP contribution in [0.2, 0.25) is 0 Å². The molecule has 25 heavy (non-hydrogen) atoms. The number of amides is 1. The fourth-order valence-corrected chi connectivity index (χ4v) is 2.72. The summed E-state index contributed by atoms with van der Waals surface area (Å²) in [6.07, 6.45) is 3.45. The van der Waals surface area contributed by atoms with Gasteiger partial charge in [-0.25, -0.2) is 4.79 Å². The Kier molecular flexibility index (Phi) is 6.84. The second kappa shape index (κ2) is 8.87. The van der Waals surface area contributed by atoms with Crippen LogP contribution in [0.4, 0.5) is 4.79 Å². The molecule has 1 aromatic carbocycles. The zero-order valence-electron chi connectivity index (χ0n) is 15.5. The van der Waals surface area contributed by atoms with E-state index in [1.54, 1.807) is 13.8 Å². The van der Waals surface area contributed by atoms with Gasteiger partial charge in [0.1, 0.15) is 6.61 Å². The van der Waals surface area contributed by atoms with E-state index in [0.717, 1.165) is 19.4 Å². The van der Waals surface area contributed by atoms with E-state index in [2.05, 4.69) is 53.7 Å². The number of hydrogen-bond donors (Lipinski definition) is 3. The Morgan fingerprint density at radius 1 is 1.36 bits per heavy atom. The molecular formula is C19H29N3O3. The van der Waals surface area contributed by atoms with Crippen molar-refractivity contribution in [3.05, 3.63) is 35.5 Å². The molecule has 0 saturated carbocycles. The molecule has 138 valence electrons. The minimum absolute atomic E-state index is 0.0825. The molecule has 0 bridgehead atoms. The normalized spacial score (nSPS) is 16.8. The molecule has 6 heteroatoms. The first-order valence-corrected chi connectivity index (χ1v) is 8.70. The van der Waals surface area contributed by atoms with Crippen molar-refractivity contribution >= 4 is 17.0 Å². The van der Waals surface area contributed by atoms with E-state index in [1.807, 2.05) is 0 Å². The number of likely N-dealkylation sites (N-methyl/N-ethyl adjacent to an activating group) is 1. The highest BCUT2D eigenvalue weighted by Gasteiger charge is 2.22. The van der Waals surface area contributed by atoms with Crippen molar-refractivity contribution in [1.29, 1.82) is 0 Å². The molecule has 1 saturated heterocycles. The number of rotatable bonds is 5. The zero-order valence-corrected chi connectivity index (χ0v) is 15.5. The third-order valence-corrected chi connectivity index (χ3v) is 3.88. The number of alkyl carbamates (subject to hydrolysis) is 1. The molecule has 0 spiro atoms. The van der Waals surface area contributed by atoms with Gasteiger partial charge >= 0.3 is 6.09 Å². The maximum Gasteiger partial charge on any atom is 0.407 e. The van der Waals surface area contributed by atoms with Gasteiger partial charge < -0.3 is 25.0 Å². The number of nitrogens with zero attached hydrogens (tertiary/aromatic N) is 1. The Labute approximate surface area is 149 Å². The molecule has 1 aliphatic rings. The van der Waals surface area contributed by atoms with Gasteiger partial charge in [-0.05, 0) is 64.0 Å². The smallest absolute Gasteiger partial charge is 0.407 e. The first-order valence-electron chi connectivity index (χ1n) is 8.70. The number of carbonyl (C=O) groups is 1. The van der Waals surface area contributed by atoms with Gasteiger partial charge in [-0.3, -0.25) is 0 Å². The van der Waals surface area contributed by atoms with Crippen LogP contribution in [0.15, 0.2) is 24.4 Å². The van der Waals surface area contributed by atoms with Gasteiger partial charge in [0.15, 0.2) is 0 Å². The quantitative estimate of drug-likeness (QED) is 0.776. The number of aliphatic hydroxyl groups is 1. The highest BCUT2D eigenvalue weighted by Crippen LogP contribution is 2.21. The average molecular weight is 347 g/mol. The Hall–Kier alpha value is -2.05. The van der Waals surface area contributed by atoms with Gasteiger partial charge in [-0.2, -0.15) is 0 Å². The highest BCUT2D eigenvalue weighted by molar-refractivity contribution is 5.84. The largest absolute Gasteiger partial charge is 0.447 e. The molecule has 0 radical (unpaired) electrons. The number of fused-ring (bicyclic) bond motifs is 1. The summed E-state index contributed by atoms with van der Waals surface area (Å²) in [5, 5.41) is 12.2. The number of aliphatic hydroxyl groups excluding tert-OH is 1. The molecular weight excluding hydrogens is 318 g/mol. The maximum atomic E-state index is 11.1. The van der Waals surface area contributed by atoms with E-state index < -0.39 is 0 Å². The number of carbonyl (C=O) groups excluding carboxylic acids is 1. The Bertz CT molecular complexity index is 692. The second-order valence-corrected chi connectivity index (χ2v) is 6.98. The third kappa shape index (κ3) is 6.07. The van der Waals surface area contributed by atoms with Crippen LogP contribution in [-0.2, 0) is 17.6 Å². The van der Waals surface area contributed by atoms with Crippen molar-refractivity contribution in [2.45, 2.75) is 38.8 Å². The number of ether oxygens (including phenoxy) is 1. The van der Waals surface area contributed by atoms with Gasteiger partial charge in [0, 0.05) is 29.7 Å². The molecule has 3 rings (SSSR count). The predicted molar refractivity (Wildman–Crippen MR) is 99.9 cm³/mol. The van der Waals surface area contributed by atoms with Crippen LogP contribution >= 0.6 is 0 Å². The van der Waals surface area contributed by atoms with E-state index in [-0.39, 0.29) is 18.2 Å². The van der Waals surface area contributed by atoms with Crippen molar-refractivity contribution in [1.82, 2.24) is 15.2 Å². The van der Waals surface area contributed by atoms with Crippen molar-refractivity contribution in [3.8, 4) is 0 Å². The summed E-state index contributed by atoms with van der Waals surface area (Å²) in [6, 6.07) is 6.53. The Morgan fingerprint density at radius 3 is 2.68 bits per heavy atom. The van der Waals surface area contributed by atoms with Gasteiger partial charge in [0.25, 0.3) is 0 Å². The van der Waals surface area contributed by atoms with Crippen LogP contribution in [0, 0.1) is 0 Å². The van der Waals surface area contributed by atoms with Gasteiger partial charge in [0.2, 0.25) is 0 Å². The van der Waals surface area contributed by atoms with Crippen LogP contribution in [-0.4, -0.2) is 60.5 Å². The summed E-state index contributed by atoms with van der Waals surface area (Å²) in [4.78, 5) is 16.6.